The van der Waals surface area contributed by atoms with Gasteiger partial charge in [0.05, 0.1) is 17.0 Å². The second-order valence-electron chi connectivity index (χ2n) is 4.60. The van der Waals surface area contributed by atoms with Gasteiger partial charge in [-0.25, -0.2) is 17.6 Å². The summed E-state index contributed by atoms with van der Waals surface area (Å²) in [7, 11) is -3.62. The van der Waals surface area contributed by atoms with Gasteiger partial charge in [0.1, 0.15) is 5.82 Å². The summed E-state index contributed by atoms with van der Waals surface area (Å²) < 4.78 is 39.0. The van der Waals surface area contributed by atoms with E-state index in [0.717, 1.165) is 18.2 Å². The summed E-state index contributed by atoms with van der Waals surface area (Å²) in [6, 6.07) is 3.03. The number of sulfonamides is 1. The van der Waals surface area contributed by atoms with E-state index < -0.39 is 21.8 Å². The number of carboxylic acids is 1. The lowest BCUT2D eigenvalue weighted by molar-refractivity contribution is 0.0696. The van der Waals surface area contributed by atoms with E-state index in [1.54, 1.807) is 0 Å². The van der Waals surface area contributed by atoms with Gasteiger partial charge in [-0.1, -0.05) is 13.8 Å². The van der Waals surface area contributed by atoms with Crippen molar-refractivity contribution in [3.8, 4) is 0 Å². The van der Waals surface area contributed by atoms with Crippen molar-refractivity contribution in [1.82, 2.24) is 0 Å². The maximum Gasteiger partial charge on any atom is 0.335 e. The van der Waals surface area contributed by atoms with Crippen LogP contribution >= 0.6 is 0 Å². The van der Waals surface area contributed by atoms with Gasteiger partial charge in [-0.05, 0) is 30.5 Å². The Morgan fingerprint density at radius 1 is 1.42 bits per heavy atom. The highest BCUT2D eigenvalue weighted by Gasteiger charge is 2.15. The summed E-state index contributed by atoms with van der Waals surface area (Å²) in [5.74, 6) is -2.07. The van der Waals surface area contributed by atoms with Crippen molar-refractivity contribution in [3.63, 3.8) is 0 Å². The fourth-order valence-corrected chi connectivity index (χ4v) is 2.72. The van der Waals surface area contributed by atoms with Crippen molar-refractivity contribution in [2.75, 3.05) is 10.5 Å². The van der Waals surface area contributed by atoms with Crippen LogP contribution in [0, 0.1) is 11.7 Å². The van der Waals surface area contributed by atoms with Gasteiger partial charge in [-0.3, -0.25) is 4.72 Å². The Bertz CT molecular complexity index is 569. The van der Waals surface area contributed by atoms with Gasteiger partial charge >= 0.3 is 5.97 Å². The number of hydrogen-bond acceptors (Lipinski definition) is 3. The Labute approximate surface area is 111 Å². The van der Waals surface area contributed by atoms with E-state index in [-0.39, 0.29) is 22.9 Å². The first-order chi connectivity index (χ1) is 8.71. The molecule has 0 saturated carbocycles. The number of carboxylic acid groups (broad SMARTS) is 1. The monoisotopic (exact) mass is 289 g/mol. The quantitative estimate of drug-likeness (QED) is 0.841. The molecule has 1 rings (SSSR count). The SMILES string of the molecule is CC(C)CCS(=O)(=O)Nc1ccc(C(=O)O)cc1F. The van der Waals surface area contributed by atoms with Crippen molar-refractivity contribution >= 4 is 21.7 Å². The minimum absolute atomic E-state index is 0.106. The zero-order valence-electron chi connectivity index (χ0n) is 10.7. The summed E-state index contributed by atoms with van der Waals surface area (Å²) in [5, 5.41) is 8.67. The van der Waals surface area contributed by atoms with Gasteiger partial charge in [-0.2, -0.15) is 0 Å². The van der Waals surface area contributed by atoms with Gasteiger partial charge in [0, 0.05) is 0 Å². The zero-order valence-corrected chi connectivity index (χ0v) is 11.5. The van der Waals surface area contributed by atoms with Crippen LogP contribution in [0.4, 0.5) is 10.1 Å². The van der Waals surface area contributed by atoms with E-state index >= 15 is 0 Å². The number of nitrogens with one attached hydrogen (secondary N) is 1. The molecule has 0 radical (unpaired) electrons. The Hall–Kier alpha value is -1.63. The second kappa shape index (κ2) is 6.01. The van der Waals surface area contributed by atoms with E-state index in [4.69, 9.17) is 5.11 Å². The Balaban J connectivity index is 2.85. The molecule has 0 aliphatic heterocycles. The lowest BCUT2D eigenvalue weighted by Gasteiger charge is -2.10. The average molecular weight is 289 g/mol. The molecule has 5 nitrogen and oxygen atoms in total. The Kier molecular flexibility index (Phi) is 4.88. The normalized spacial score (nSPS) is 11.6. The molecule has 19 heavy (non-hydrogen) atoms. The topological polar surface area (TPSA) is 83.5 Å². The number of hydrogen-bond donors (Lipinski definition) is 2. The van der Waals surface area contributed by atoms with Gasteiger partial charge in [0.25, 0.3) is 0 Å². The highest BCUT2D eigenvalue weighted by Crippen LogP contribution is 2.18. The molecular weight excluding hydrogens is 273 g/mol. The van der Waals surface area contributed by atoms with Crippen molar-refractivity contribution in [2.45, 2.75) is 20.3 Å². The minimum atomic E-state index is -3.62. The van der Waals surface area contributed by atoms with Crippen LogP contribution in [0.25, 0.3) is 0 Å². The zero-order chi connectivity index (χ0) is 14.6. The van der Waals surface area contributed by atoms with Crippen molar-refractivity contribution in [2.24, 2.45) is 5.92 Å². The smallest absolute Gasteiger partial charge is 0.335 e. The first-order valence-electron chi connectivity index (χ1n) is 5.74. The highest BCUT2D eigenvalue weighted by atomic mass is 32.2. The molecule has 2 N–H and O–H groups in total. The van der Waals surface area contributed by atoms with E-state index in [1.807, 2.05) is 13.8 Å². The van der Waals surface area contributed by atoms with Crippen LogP contribution in [0.15, 0.2) is 18.2 Å². The summed E-state index contributed by atoms with van der Waals surface area (Å²) in [6.07, 6.45) is 0.462. The number of anilines is 1. The van der Waals surface area contributed by atoms with Crippen LogP contribution < -0.4 is 4.72 Å². The lowest BCUT2D eigenvalue weighted by atomic mass is 10.2. The predicted octanol–water partition coefficient (Wildman–Crippen LogP) is 2.31. The first-order valence-corrected chi connectivity index (χ1v) is 7.40. The molecule has 0 aliphatic rings. The molecule has 0 atom stereocenters. The maximum atomic E-state index is 13.5. The summed E-state index contributed by atoms with van der Waals surface area (Å²) in [5.41, 5.74) is -0.476. The fourth-order valence-electron chi connectivity index (χ4n) is 1.34. The average Bonchev–Trinajstić information content (AvgIpc) is 2.29. The van der Waals surface area contributed by atoms with Gasteiger partial charge < -0.3 is 5.11 Å². The largest absolute Gasteiger partial charge is 0.478 e. The van der Waals surface area contributed by atoms with Crippen molar-refractivity contribution < 1.29 is 22.7 Å². The molecular formula is C12H16FNO4S. The summed E-state index contributed by atoms with van der Waals surface area (Å²) in [4.78, 5) is 10.6. The fraction of sp³-hybridized carbons (Fsp3) is 0.417. The molecule has 106 valence electrons. The molecule has 1 aromatic carbocycles. The predicted molar refractivity (Wildman–Crippen MR) is 70.2 cm³/mol. The molecule has 0 heterocycles. The standard InChI is InChI=1S/C12H16FNO4S/c1-8(2)5-6-19(17,18)14-11-4-3-9(12(15)16)7-10(11)13/h3-4,7-8,14H,5-6H2,1-2H3,(H,15,16). The molecule has 7 heteroatoms. The number of halogens is 1. The highest BCUT2D eigenvalue weighted by molar-refractivity contribution is 7.92. The number of benzene rings is 1. The first kappa shape index (κ1) is 15.4. The van der Waals surface area contributed by atoms with Crippen LogP contribution in [-0.4, -0.2) is 25.2 Å². The van der Waals surface area contributed by atoms with Crippen molar-refractivity contribution in [1.29, 1.82) is 0 Å². The van der Waals surface area contributed by atoms with Crippen LogP contribution in [0.5, 0.6) is 0 Å². The van der Waals surface area contributed by atoms with E-state index in [9.17, 15) is 17.6 Å². The van der Waals surface area contributed by atoms with Crippen LogP contribution in [-0.2, 0) is 10.0 Å². The molecule has 0 fully saturated rings. The molecule has 0 aromatic heterocycles. The lowest BCUT2D eigenvalue weighted by Crippen LogP contribution is -2.18. The van der Waals surface area contributed by atoms with Crippen LogP contribution in [0.1, 0.15) is 30.6 Å². The maximum absolute atomic E-state index is 13.5. The summed E-state index contributed by atoms with van der Waals surface area (Å²) >= 11 is 0. The molecule has 0 aliphatic carbocycles. The van der Waals surface area contributed by atoms with E-state index in [0.29, 0.717) is 6.42 Å². The van der Waals surface area contributed by atoms with Gasteiger partial charge in [0.15, 0.2) is 0 Å². The summed E-state index contributed by atoms with van der Waals surface area (Å²) in [6.45, 7) is 3.77. The third kappa shape index (κ3) is 4.86. The Morgan fingerprint density at radius 3 is 2.53 bits per heavy atom. The molecule has 0 bridgehead atoms. The third-order valence-corrected chi connectivity index (χ3v) is 3.75. The van der Waals surface area contributed by atoms with Gasteiger partial charge in [-0.15, -0.1) is 0 Å². The van der Waals surface area contributed by atoms with E-state index in [1.165, 1.54) is 0 Å². The molecule has 1 aromatic rings. The number of aromatic carboxylic acids is 1. The third-order valence-electron chi connectivity index (χ3n) is 2.45. The molecule has 0 saturated heterocycles. The van der Waals surface area contributed by atoms with Crippen molar-refractivity contribution in [3.05, 3.63) is 29.6 Å². The molecule has 0 unspecified atom stereocenters. The van der Waals surface area contributed by atoms with Gasteiger partial charge in [0.2, 0.25) is 10.0 Å². The Morgan fingerprint density at radius 2 is 2.05 bits per heavy atom. The number of rotatable bonds is 6. The van der Waals surface area contributed by atoms with E-state index in [2.05, 4.69) is 4.72 Å². The number of carbonyl (C=O) groups is 1. The van der Waals surface area contributed by atoms with Crippen LogP contribution in [0.2, 0.25) is 0 Å². The second-order valence-corrected chi connectivity index (χ2v) is 6.45. The minimum Gasteiger partial charge on any atom is -0.478 e. The van der Waals surface area contributed by atoms with Crippen LogP contribution in [0.3, 0.4) is 0 Å². The molecule has 0 spiro atoms. The molecule has 0 amide bonds.